The number of carbonyl (C=O) groups is 1. The van der Waals surface area contributed by atoms with E-state index in [4.69, 9.17) is 5.73 Å². The van der Waals surface area contributed by atoms with Crippen molar-refractivity contribution in [3.05, 3.63) is 54.1 Å². The highest BCUT2D eigenvalue weighted by Gasteiger charge is 2.27. The lowest BCUT2D eigenvalue weighted by Gasteiger charge is -2.12. The highest BCUT2D eigenvalue weighted by molar-refractivity contribution is 7.92. The molecule has 3 rings (SSSR count). The Hall–Kier alpha value is -2.23. The van der Waals surface area contributed by atoms with E-state index in [-0.39, 0.29) is 36.0 Å². The first-order valence-electron chi connectivity index (χ1n) is 8.39. The van der Waals surface area contributed by atoms with E-state index in [1.165, 1.54) is 12.1 Å². The van der Waals surface area contributed by atoms with Crippen molar-refractivity contribution in [2.75, 3.05) is 10.0 Å². The Labute approximate surface area is 168 Å². The van der Waals surface area contributed by atoms with Crippen molar-refractivity contribution in [3.8, 4) is 0 Å². The molecular weight excluding hydrogens is 412 g/mol. The van der Waals surface area contributed by atoms with E-state index in [0.717, 1.165) is 25.0 Å². The molecule has 1 aliphatic rings. The fourth-order valence-corrected chi connectivity index (χ4v) is 4.05. The molecule has 1 amide bonds. The monoisotopic (exact) mass is 431 g/mol. The van der Waals surface area contributed by atoms with Crippen molar-refractivity contribution in [2.45, 2.75) is 30.2 Å². The molecule has 0 saturated heterocycles. The van der Waals surface area contributed by atoms with Gasteiger partial charge in [-0.15, -0.1) is 12.4 Å². The SMILES string of the molecule is Cl.NC1CCC(C(=O)Nc2ccc(NS(=O)(=O)c3ccc(F)c(F)c3)cc2)C1. The Balaban J connectivity index is 0.00000280. The molecule has 0 bridgehead atoms. The molecule has 0 spiro atoms. The van der Waals surface area contributed by atoms with Crippen LogP contribution in [0.4, 0.5) is 20.2 Å². The lowest BCUT2D eigenvalue weighted by Crippen LogP contribution is -2.23. The van der Waals surface area contributed by atoms with Crippen LogP contribution in [-0.4, -0.2) is 20.4 Å². The molecule has 28 heavy (non-hydrogen) atoms. The first-order valence-corrected chi connectivity index (χ1v) is 9.87. The molecule has 0 heterocycles. The number of sulfonamides is 1. The zero-order valence-electron chi connectivity index (χ0n) is 14.7. The second-order valence-electron chi connectivity index (χ2n) is 6.52. The quantitative estimate of drug-likeness (QED) is 0.676. The number of carbonyl (C=O) groups excluding carboxylic acids is 1. The minimum Gasteiger partial charge on any atom is -0.328 e. The molecular formula is C18H20ClF2N3O3S. The van der Waals surface area contributed by atoms with Gasteiger partial charge in [-0.25, -0.2) is 17.2 Å². The Morgan fingerprint density at radius 1 is 1.00 bits per heavy atom. The van der Waals surface area contributed by atoms with E-state index < -0.39 is 26.6 Å². The number of hydrogen-bond acceptors (Lipinski definition) is 4. The van der Waals surface area contributed by atoms with Gasteiger partial charge in [0.2, 0.25) is 5.91 Å². The maximum absolute atomic E-state index is 13.3. The molecule has 0 aromatic heterocycles. The summed E-state index contributed by atoms with van der Waals surface area (Å²) in [4.78, 5) is 11.8. The fraction of sp³-hybridized carbons (Fsp3) is 0.278. The molecule has 152 valence electrons. The van der Waals surface area contributed by atoms with Crippen LogP contribution in [0.3, 0.4) is 0 Å². The van der Waals surface area contributed by atoms with E-state index in [2.05, 4.69) is 10.0 Å². The maximum atomic E-state index is 13.3. The van der Waals surface area contributed by atoms with Crippen molar-refractivity contribution in [2.24, 2.45) is 11.7 Å². The second kappa shape index (κ2) is 8.85. The lowest BCUT2D eigenvalue weighted by atomic mass is 10.1. The van der Waals surface area contributed by atoms with Crippen LogP contribution >= 0.6 is 12.4 Å². The van der Waals surface area contributed by atoms with Gasteiger partial charge in [-0.1, -0.05) is 0 Å². The zero-order chi connectivity index (χ0) is 19.6. The van der Waals surface area contributed by atoms with Crippen molar-refractivity contribution in [1.82, 2.24) is 0 Å². The Morgan fingerprint density at radius 2 is 1.64 bits per heavy atom. The summed E-state index contributed by atoms with van der Waals surface area (Å²) < 4.78 is 53.0. The van der Waals surface area contributed by atoms with Gasteiger partial charge in [-0.05, 0) is 61.7 Å². The number of amides is 1. The Bertz CT molecular complexity index is 955. The van der Waals surface area contributed by atoms with E-state index in [0.29, 0.717) is 18.2 Å². The first kappa shape index (κ1) is 22.1. The number of anilines is 2. The summed E-state index contributed by atoms with van der Waals surface area (Å²) >= 11 is 0. The fourth-order valence-electron chi connectivity index (χ4n) is 2.98. The van der Waals surface area contributed by atoms with E-state index >= 15 is 0 Å². The topological polar surface area (TPSA) is 101 Å². The van der Waals surface area contributed by atoms with Crippen molar-refractivity contribution >= 4 is 39.7 Å². The second-order valence-corrected chi connectivity index (χ2v) is 8.20. The summed E-state index contributed by atoms with van der Waals surface area (Å²) in [6, 6.07) is 8.42. The highest BCUT2D eigenvalue weighted by atomic mass is 35.5. The predicted molar refractivity (Wildman–Crippen MR) is 105 cm³/mol. The highest BCUT2D eigenvalue weighted by Crippen LogP contribution is 2.26. The van der Waals surface area contributed by atoms with Gasteiger partial charge in [0, 0.05) is 23.3 Å². The van der Waals surface area contributed by atoms with Crippen molar-refractivity contribution in [3.63, 3.8) is 0 Å². The van der Waals surface area contributed by atoms with Crippen LogP contribution in [0.2, 0.25) is 0 Å². The molecule has 0 radical (unpaired) electrons. The molecule has 1 aliphatic carbocycles. The van der Waals surface area contributed by atoms with Gasteiger partial charge in [0.15, 0.2) is 11.6 Å². The minimum absolute atomic E-state index is 0. The van der Waals surface area contributed by atoms with Crippen molar-refractivity contribution in [1.29, 1.82) is 0 Å². The van der Waals surface area contributed by atoms with Gasteiger partial charge in [-0.2, -0.15) is 0 Å². The van der Waals surface area contributed by atoms with Gasteiger partial charge in [0.1, 0.15) is 0 Å². The standard InChI is InChI=1S/C18H19F2N3O3S.ClH/c19-16-8-7-15(10-17(16)20)27(25,26)23-14-5-3-13(4-6-14)22-18(24)11-1-2-12(21)9-11;/h3-8,10-12,23H,1-2,9,21H2,(H,22,24);1H. The van der Waals surface area contributed by atoms with Crippen LogP contribution in [0.25, 0.3) is 0 Å². The van der Waals surface area contributed by atoms with Crippen molar-refractivity contribution < 1.29 is 22.0 Å². The van der Waals surface area contributed by atoms with Crippen LogP contribution in [-0.2, 0) is 14.8 Å². The largest absolute Gasteiger partial charge is 0.328 e. The molecule has 2 atom stereocenters. The van der Waals surface area contributed by atoms with Crippen LogP contribution in [0, 0.1) is 17.6 Å². The molecule has 6 nitrogen and oxygen atoms in total. The van der Waals surface area contributed by atoms with E-state index in [1.54, 1.807) is 12.1 Å². The smallest absolute Gasteiger partial charge is 0.261 e. The van der Waals surface area contributed by atoms with Crippen LogP contribution < -0.4 is 15.8 Å². The summed E-state index contributed by atoms with van der Waals surface area (Å²) in [7, 11) is -4.07. The molecule has 0 aliphatic heterocycles. The first-order chi connectivity index (χ1) is 12.7. The molecule has 1 saturated carbocycles. The van der Waals surface area contributed by atoms with Crippen LogP contribution in [0.15, 0.2) is 47.4 Å². The number of hydrogen-bond donors (Lipinski definition) is 3. The Kier molecular flexibility index (Phi) is 6.97. The summed E-state index contributed by atoms with van der Waals surface area (Å²) in [5.74, 6) is -2.61. The number of nitrogens with two attached hydrogens (primary N) is 1. The summed E-state index contributed by atoms with van der Waals surface area (Å²) in [6.45, 7) is 0. The lowest BCUT2D eigenvalue weighted by molar-refractivity contribution is -0.119. The summed E-state index contributed by atoms with van der Waals surface area (Å²) in [6.07, 6.45) is 2.22. The average Bonchev–Trinajstić information content (AvgIpc) is 3.05. The predicted octanol–water partition coefficient (Wildman–Crippen LogP) is 3.25. The third-order valence-electron chi connectivity index (χ3n) is 4.45. The molecule has 2 aromatic rings. The van der Waals surface area contributed by atoms with Gasteiger partial charge in [0.05, 0.1) is 4.90 Å². The van der Waals surface area contributed by atoms with Crippen LogP contribution in [0.5, 0.6) is 0 Å². The number of rotatable bonds is 5. The third kappa shape index (κ3) is 5.18. The maximum Gasteiger partial charge on any atom is 0.261 e. The van der Waals surface area contributed by atoms with Gasteiger partial charge >= 0.3 is 0 Å². The molecule has 10 heteroatoms. The number of nitrogens with one attached hydrogen (secondary N) is 2. The van der Waals surface area contributed by atoms with Crippen LogP contribution in [0.1, 0.15) is 19.3 Å². The van der Waals surface area contributed by atoms with Gasteiger partial charge < -0.3 is 11.1 Å². The number of halogens is 3. The minimum atomic E-state index is -4.07. The Morgan fingerprint density at radius 3 is 2.21 bits per heavy atom. The third-order valence-corrected chi connectivity index (χ3v) is 5.83. The summed E-state index contributed by atoms with van der Waals surface area (Å²) in [5, 5.41) is 2.78. The molecule has 2 unspecified atom stereocenters. The molecule has 2 aromatic carbocycles. The molecule has 4 N–H and O–H groups in total. The summed E-state index contributed by atoms with van der Waals surface area (Å²) in [5.41, 5.74) is 6.56. The molecule has 1 fully saturated rings. The average molecular weight is 432 g/mol. The van der Waals surface area contributed by atoms with E-state index in [9.17, 15) is 22.0 Å². The normalized spacial score (nSPS) is 19.0. The van der Waals surface area contributed by atoms with Gasteiger partial charge in [-0.3, -0.25) is 9.52 Å². The zero-order valence-corrected chi connectivity index (χ0v) is 16.3. The number of benzene rings is 2. The van der Waals surface area contributed by atoms with E-state index in [1.807, 2.05) is 0 Å². The van der Waals surface area contributed by atoms with Gasteiger partial charge in [0.25, 0.3) is 10.0 Å².